The zero-order chi connectivity index (χ0) is 9.07. The summed E-state index contributed by atoms with van der Waals surface area (Å²) in [7, 11) is 3.44. The summed E-state index contributed by atoms with van der Waals surface area (Å²) in [6, 6.07) is 0. The first-order valence-corrected chi connectivity index (χ1v) is 3.25. The highest BCUT2D eigenvalue weighted by molar-refractivity contribution is 4.14. The van der Waals surface area contributed by atoms with Gasteiger partial charge in [-0.3, -0.25) is 0 Å². The van der Waals surface area contributed by atoms with Crippen LogP contribution in [-0.2, 0) is 0 Å². The van der Waals surface area contributed by atoms with Gasteiger partial charge in [0.2, 0.25) is 0 Å². The van der Waals surface area contributed by atoms with Gasteiger partial charge in [-0.2, -0.15) is 44.3 Å². The second kappa shape index (κ2) is 10.6. The molecule has 0 unspecified atom stereocenters. The first-order chi connectivity index (χ1) is 5.91. The van der Waals surface area contributed by atoms with Gasteiger partial charge in [-0.05, 0) is 14.1 Å². The summed E-state index contributed by atoms with van der Waals surface area (Å²) in [6.07, 6.45) is 0. The lowest BCUT2D eigenvalue weighted by molar-refractivity contribution is 0.239. The molecular weight excluding hydrogens is 164 g/mol. The van der Waals surface area contributed by atoms with E-state index in [0.717, 1.165) is 0 Å². The topological polar surface area (TPSA) is 120 Å². The summed E-state index contributed by atoms with van der Waals surface area (Å²) in [6.45, 7) is 0. The van der Waals surface area contributed by atoms with E-state index in [1.165, 1.54) is 0 Å². The molecule has 0 amide bonds. The normalized spacial score (nSPS) is 10.5. The van der Waals surface area contributed by atoms with Crippen LogP contribution in [0.25, 0.3) is 0 Å². The number of hydrazine groups is 9. The molecule has 0 saturated heterocycles. The van der Waals surface area contributed by atoms with E-state index in [2.05, 4.69) is 55.1 Å². The second-order valence-electron chi connectivity index (χ2n) is 1.50. The Balaban J connectivity index is 2.73. The second-order valence-corrected chi connectivity index (χ2v) is 1.50. The van der Waals surface area contributed by atoms with Crippen LogP contribution in [-0.4, -0.2) is 14.1 Å². The Morgan fingerprint density at radius 3 is 0.917 bits per heavy atom. The highest BCUT2D eigenvalue weighted by Crippen LogP contribution is 1.25. The Kier molecular flexibility index (Phi) is 10.2. The van der Waals surface area contributed by atoms with Crippen LogP contribution in [0.4, 0.5) is 0 Å². The summed E-state index contributed by atoms with van der Waals surface area (Å²) in [5, 5.41) is 0. The van der Waals surface area contributed by atoms with Crippen LogP contribution < -0.4 is 55.1 Å². The Bertz CT molecular complexity index is 64.2. The predicted octanol–water partition coefficient (Wildman–Crippen LogP) is -4.62. The molecule has 0 rings (SSSR count). The number of nitrogens with one attached hydrogen (secondary N) is 10. The summed E-state index contributed by atoms with van der Waals surface area (Å²) in [5.74, 6) is 0. The maximum absolute atomic E-state index is 2.63. The van der Waals surface area contributed by atoms with Crippen LogP contribution in [0.15, 0.2) is 0 Å². The van der Waals surface area contributed by atoms with Crippen molar-refractivity contribution in [3.8, 4) is 0 Å². The van der Waals surface area contributed by atoms with Crippen molar-refractivity contribution in [2.45, 2.75) is 0 Å². The minimum absolute atomic E-state index is 1.72. The average molecular weight is 180 g/mol. The summed E-state index contributed by atoms with van der Waals surface area (Å²) in [5.41, 5.74) is 25.6. The van der Waals surface area contributed by atoms with Crippen molar-refractivity contribution in [1.82, 2.24) is 55.1 Å². The van der Waals surface area contributed by atoms with Gasteiger partial charge in [0.25, 0.3) is 0 Å². The summed E-state index contributed by atoms with van der Waals surface area (Å²) < 4.78 is 0. The molecule has 0 aliphatic heterocycles. The van der Waals surface area contributed by atoms with Gasteiger partial charge in [0.1, 0.15) is 0 Å². The quantitative estimate of drug-likeness (QED) is 0.125. The van der Waals surface area contributed by atoms with Gasteiger partial charge >= 0.3 is 0 Å². The van der Waals surface area contributed by atoms with Crippen molar-refractivity contribution >= 4 is 0 Å². The van der Waals surface area contributed by atoms with Crippen molar-refractivity contribution in [3.63, 3.8) is 0 Å². The van der Waals surface area contributed by atoms with Gasteiger partial charge in [0.05, 0.1) is 0 Å². The molecule has 0 fully saturated rings. The largest absolute Gasteiger partial charge is 0.246 e. The maximum Gasteiger partial charge on any atom is -0.000111 e. The third kappa shape index (κ3) is 9.60. The third-order valence-corrected chi connectivity index (χ3v) is 0.688. The first-order valence-electron chi connectivity index (χ1n) is 3.25. The van der Waals surface area contributed by atoms with Crippen molar-refractivity contribution in [3.05, 3.63) is 0 Å². The van der Waals surface area contributed by atoms with E-state index in [0.29, 0.717) is 0 Å². The third-order valence-electron chi connectivity index (χ3n) is 0.688. The molecule has 74 valence electrons. The van der Waals surface area contributed by atoms with Crippen molar-refractivity contribution in [1.29, 1.82) is 0 Å². The zero-order valence-electron chi connectivity index (χ0n) is 7.00. The van der Waals surface area contributed by atoms with Gasteiger partial charge in [-0.1, -0.05) is 0 Å². The lowest BCUT2D eigenvalue weighted by Crippen LogP contribution is -2.64. The SMILES string of the molecule is CNNNNNNNNNNC. The summed E-state index contributed by atoms with van der Waals surface area (Å²) in [4.78, 5) is 0. The van der Waals surface area contributed by atoms with Crippen LogP contribution in [0.1, 0.15) is 0 Å². The molecule has 0 radical (unpaired) electrons. The smallest absolute Gasteiger partial charge is 0.000111 e. The number of rotatable bonds is 9. The zero-order valence-corrected chi connectivity index (χ0v) is 7.00. The molecule has 10 nitrogen and oxygen atoms in total. The van der Waals surface area contributed by atoms with E-state index in [1.807, 2.05) is 0 Å². The van der Waals surface area contributed by atoms with Gasteiger partial charge in [0.15, 0.2) is 0 Å². The summed E-state index contributed by atoms with van der Waals surface area (Å²) >= 11 is 0. The fourth-order valence-corrected chi connectivity index (χ4v) is 0.312. The standard InChI is InChI=1S/C2H16N10/c1-3-5-7-9-11-12-10-8-6-4-2/h3-12H,1-2H3. The van der Waals surface area contributed by atoms with Crippen LogP contribution in [0.2, 0.25) is 0 Å². The molecule has 10 N–H and O–H groups in total. The molecule has 0 aromatic heterocycles. The average Bonchev–Trinajstić information content (AvgIpc) is 2.10. The number of hydrogen-bond donors (Lipinski definition) is 10. The van der Waals surface area contributed by atoms with Gasteiger partial charge in [0, 0.05) is 0 Å². The fraction of sp³-hybridized carbons (Fsp3) is 1.00. The molecular formula is C2H16N10. The molecule has 0 aromatic carbocycles. The highest BCUT2D eigenvalue weighted by atomic mass is 15.9. The molecule has 0 heterocycles. The Morgan fingerprint density at radius 2 is 0.667 bits per heavy atom. The lowest BCUT2D eigenvalue weighted by Gasteiger charge is -2.11. The lowest BCUT2D eigenvalue weighted by atomic mass is 11.5. The Labute approximate surface area is 70.3 Å². The molecule has 0 atom stereocenters. The van der Waals surface area contributed by atoms with Gasteiger partial charge in [-0.25, -0.2) is 10.9 Å². The van der Waals surface area contributed by atoms with E-state index in [-0.39, 0.29) is 0 Å². The first kappa shape index (κ1) is 11.6. The molecule has 10 heteroatoms. The number of hydrogen-bond acceptors (Lipinski definition) is 10. The minimum atomic E-state index is 1.72. The van der Waals surface area contributed by atoms with Crippen molar-refractivity contribution in [2.75, 3.05) is 14.1 Å². The van der Waals surface area contributed by atoms with Gasteiger partial charge in [-0.15, -0.1) is 0 Å². The van der Waals surface area contributed by atoms with E-state index >= 15 is 0 Å². The van der Waals surface area contributed by atoms with Crippen LogP contribution in [0.3, 0.4) is 0 Å². The van der Waals surface area contributed by atoms with E-state index < -0.39 is 0 Å². The highest BCUT2D eigenvalue weighted by Gasteiger charge is 1.78. The molecule has 0 spiro atoms. The van der Waals surface area contributed by atoms with E-state index in [4.69, 9.17) is 0 Å². The minimum Gasteiger partial charge on any atom is -0.246 e. The van der Waals surface area contributed by atoms with Crippen LogP contribution >= 0.6 is 0 Å². The van der Waals surface area contributed by atoms with Gasteiger partial charge < -0.3 is 0 Å². The monoisotopic (exact) mass is 180 g/mol. The Hall–Kier alpha value is -0.400. The predicted molar refractivity (Wildman–Crippen MR) is 43.2 cm³/mol. The molecule has 0 saturated carbocycles. The maximum atomic E-state index is 2.63. The van der Waals surface area contributed by atoms with Crippen LogP contribution in [0, 0.1) is 0 Å². The van der Waals surface area contributed by atoms with Crippen molar-refractivity contribution < 1.29 is 0 Å². The molecule has 0 aliphatic carbocycles. The molecule has 0 bridgehead atoms. The van der Waals surface area contributed by atoms with Crippen molar-refractivity contribution in [2.24, 2.45) is 0 Å². The fourth-order valence-electron chi connectivity index (χ4n) is 0.312. The van der Waals surface area contributed by atoms with Crippen LogP contribution in [0.5, 0.6) is 0 Å². The Morgan fingerprint density at radius 1 is 0.417 bits per heavy atom. The molecule has 12 heavy (non-hydrogen) atoms. The molecule has 0 aliphatic rings. The van der Waals surface area contributed by atoms with E-state index in [1.54, 1.807) is 14.1 Å². The van der Waals surface area contributed by atoms with E-state index in [9.17, 15) is 0 Å². The molecule has 0 aromatic rings.